The molecule has 5 heteroatoms. The molecule has 0 spiro atoms. The third-order valence-electron chi connectivity index (χ3n) is 4.32. The fraction of sp³-hybridized carbons (Fsp3) is 0.467. The summed E-state index contributed by atoms with van der Waals surface area (Å²) >= 11 is 0. The highest BCUT2D eigenvalue weighted by Gasteiger charge is 2.44. The van der Waals surface area contributed by atoms with E-state index in [9.17, 15) is 14.7 Å². The van der Waals surface area contributed by atoms with E-state index in [1.807, 2.05) is 24.3 Å². The van der Waals surface area contributed by atoms with Crippen LogP contribution in [0, 0.1) is 0 Å². The number of carbonyl (C=O) groups is 2. The van der Waals surface area contributed by atoms with Crippen LogP contribution in [0.1, 0.15) is 31.2 Å². The van der Waals surface area contributed by atoms with Gasteiger partial charge in [-0.3, -0.25) is 4.79 Å². The second-order valence-corrected chi connectivity index (χ2v) is 5.64. The van der Waals surface area contributed by atoms with Gasteiger partial charge in [0.05, 0.1) is 0 Å². The Labute approximate surface area is 117 Å². The molecule has 0 radical (unpaired) electrons. The van der Waals surface area contributed by atoms with E-state index in [0.29, 0.717) is 19.3 Å². The van der Waals surface area contributed by atoms with Gasteiger partial charge in [0.15, 0.2) is 0 Å². The lowest BCUT2D eigenvalue weighted by atomic mass is 9.97. The summed E-state index contributed by atoms with van der Waals surface area (Å²) in [6.07, 6.45) is 3.36. The predicted molar refractivity (Wildman–Crippen MR) is 74.5 cm³/mol. The van der Waals surface area contributed by atoms with Gasteiger partial charge in [0.1, 0.15) is 11.6 Å². The number of amides is 1. The van der Waals surface area contributed by atoms with Gasteiger partial charge in [-0.25, -0.2) is 4.79 Å². The minimum Gasteiger partial charge on any atom is -0.480 e. The number of hydrogen-bond acceptors (Lipinski definition) is 3. The van der Waals surface area contributed by atoms with Gasteiger partial charge in [-0.05, 0) is 24.5 Å². The van der Waals surface area contributed by atoms with Crippen molar-refractivity contribution in [3.05, 3.63) is 29.8 Å². The van der Waals surface area contributed by atoms with Crippen molar-refractivity contribution in [3.8, 4) is 0 Å². The van der Waals surface area contributed by atoms with Crippen molar-refractivity contribution in [3.63, 3.8) is 0 Å². The summed E-state index contributed by atoms with van der Waals surface area (Å²) in [5, 5.41) is 15.3. The van der Waals surface area contributed by atoms with E-state index >= 15 is 0 Å². The van der Waals surface area contributed by atoms with Crippen LogP contribution in [0.3, 0.4) is 0 Å². The molecule has 0 aromatic heterocycles. The molecule has 0 saturated heterocycles. The Morgan fingerprint density at radius 1 is 1.25 bits per heavy atom. The van der Waals surface area contributed by atoms with Gasteiger partial charge >= 0.3 is 5.97 Å². The Kier molecular flexibility index (Phi) is 3.12. The third kappa shape index (κ3) is 2.13. The van der Waals surface area contributed by atoms with Crippen LogP contribution in [0.25, 0.3) is 0 Å². The van der Waals surface area contributed by atoms with Gasteiger partial charge in [-0.15, -0.1) is 0 Å². The van der Waals surface area contributed by atoms with E-state index in [0.717, 1.165) is 24.1 Å². The largest absolute Gasteiger partial charge is 0.480 e. The molecule has 3 N–H and O–H groups in total. The molecule has 1 aliphatic carbocycles. The number of benzene rings is 1. The molecule has 1 saturated carbocycles. The SMILES string of the molecule is O=C(NC1(C(=O)O)CCCC1)[C@@H]1Cc2ccccc2N1. The predicted octanol–water partition coefficient (Wildman–Crippen LogP) is 1.54. The van der Waals surface area contributed by atoms with E-state index in [4.69, 9.17) is 0 Å². The first-order chi connectivity index (χ1) is 9.61. The molecule has 1 aromatic rings. The zero-order chi connectivity index (χ0) is 14.2. The maximum absolute atomic E-state index is 12.3. The molecule has 1 aliphatic heterocycles. The van der Waals surface area contributed by atoms with Gasteiger partial charge in [0, 0.05) is 12.1 Å². The lowest BCUT2D eigenvalue weighted by Crippen LogP contribution is -2.56. The number of aliphatic carboxylic acids is 1. The first-order valence-electron chi connectivity index (χ1n) is 7.01. The summed E-state index contributed by atoms with van der Waals surface area (Å²) in [5.41, 5.74) is 1.000. The second kappa shape index (κ2) is 4.81. The van der Waals surface area contributed by atoms with Crippen molar-refractivity contribution in [1.82, 2.24) is 5.32 Å². The number of carbonyl (C=O) groups excluding carboxylic acids is 1. The smallest absolute Gasteiger partial charge is 0.329 e. The summed E-state index contributed by atoms with van der Waals surface area (Å²) in [6.45, 7) is 0. The minimum atomic E-state index is -1.06. The molecule has 3 rings (SSSR count). The highest BCUT2D eigenvalue weighted by molar-refractivity contribution is 5.92. The highest BCUT2D eigenvalue weighted by Crippen LogP contribution is 2.31. The minimum absolute atomic E-state index is 0.217. The molecule has 5 nitrogen and oxygen atoms in total. The van der Waals surface area contributed by atoms with Crippen molar-refractivity contribution in [2.24, 2.45) is 0 Å². The Hall–Kier alpha value is -2.04. The fourth-order valence-electron chi connectivity index (χ4n) is 3.15. The van der Waals surface area contributed by atoms with E-state index < -0.39 is 11.5 Å². The molecule has 2 aliphatic rings. The lowest BCUT2D eigenvalue weighted by molar-refractivity contribution is -0.147. The van der Waals surface area contributed by atoms with Crippen LogP contribution < -0.4 is 10.6 Å². The number of anilines is 1. The molecule has 1 amide bonds. The lowest BCUT2D eigenvalue weighted by Gasteiger charge is -2.27. The van der Waals surface area contributed by atoms with Crippen LogP contribution in [0.2, 0.25) is 0 Å². The maximum atomic E-state index is 12.3. The number of hydrogen-bond donors (Lipinski definition) is 3. The van der Waals surface area contributed by atoms with Crippen molar-refractivity contribution < 1.29 is 14.7 Å². The first-order valence-corrected chi connectivity index (χ1v) is 7.01. The molecule has 20 heavy (non-hydrogen) atoms. The van der Waals surface area contributed by atoms with Gasteiger partial charge in [-0.1, -0.05) is 31.0 Å². The van der Waals surface area contributed by atoms with Crippen LogP contribution in [-0.4, -0.2) is 28.6 Å². The Balaban J connectivity index is 1.71. The van der Waals surface area contributed by atoms with Crippen molar-refractivity contribution >= 4 is 17.6 Å². The van der Waals surface area contributed by atoms with Crippen molar-refractivity contribution in [1.29, 1.82) is 0 Å². The number of fused-ring (bicyclic) bond motifs is 1. The molecule has 1 heterocycles. The summed E-state index contributed by atoms with van der Waals surface area (Å²) in [4.78, 5) is 23.8. The third-order valence-corrected chi connectivity index (χ3v) is 4.32. The van der Waals surface area contributed by atoms with Crippen molar-refractivity contribution in [2.75, 3.05) is 5.32 Å². The number of para-hydroxylation sites is 1. The molecule has 106 valence electrons. The Morgan fingerprint density at radius 3 is 2.60 bits per heavy atom. The van der Waals surface area contributed by atoms with E-state index in [1.54, 1.807) is 0 Å². The standard InChI is InChI=1S/C15H18N2O3/c18-13(17-15(14(19)20)7-3-4-8-15)12-9-10-5-1-2-6-11(10)16-12/h1-2,5-6,12,16H,3-4,7-9H2,(H,17,18)(H,19,20)/t12-/m0/s1. The molecule has 1 aromatic carbocycles. The molecule has 0 bridgehead atoms. The van der Waals surface area contributed by atoms with Gasteiger partial charge in [0.2, 0.25) is 5.91 Å². The summed E-state index contributed by atoms with van der Waals surface area (Å²) < 4.78 is 0. The molecule has 0 unspecified atom stereocenters. The summed E-state index contributed by atoms with van der Waals surface area (Å²) in [7, 11) is 0. The van der Waals surface area contributed by atoms with Gasteiger partial charge in [0.25, 0.3) is 0 Å². The number of nitrogens with one attached hydrogen (secondary N) is 2. The molecule has 1 fully saturated rings. The summed E-state index contributed by atoms with van der Waals surface area (Å²) in [6, 6.07) is 7.41. The Morgan fingerprint density at radius 2 is 1.95 bits per heavy atom. The van der Waals surface area contributed by atoms with E-state index in [1.165, 1.54) is 0 Å². The monoisotopic (exact) mass is 274 g/mol. The van der Waals surface area contributed by atoms with E-state index in [-0.39, 0.29) is 11.9 Å². The topological polar surface area (TPSA) is 78.4 Å². The first kappa shape index (κ1) is 13.0. The molecular formula is C15H18N2O3. The zero-order valence-corrected chi connectivity index (χ0v) is 11.2. The normalized spacial score (nSPS) is 22.9. The zero-order valence-electron chi connectivity index (χ0n) is 11.2. The molecule has 1 atom stereocenters. The van der Waals surface area contributed by atoms with Crippen LogP contribution >= 0.6 is 0 Å². The fourth-order valence-corrected chi connectivity index (χ4v) is 3.15. The van der Waals surface area contributed by atoms with Crippen LogP contribution in [0.5, 0.6) is 0 Å². The average Bonchev–Trinajstić information content (AvgIpc) is 3.05. The van der Waals surface area contributed by atoms with Crippen LogP contribution in [0.15, 0.2) is 24.3 Å². The number of carboxylic acid groups (broad SMARTS) is 1. The second-order valence-electron chi connectivity index (χ2n) is 5.64. The number of carboxylic acids is 1. The van der Waals surface area contributed by atoms with Gasteiger partial charge in [-0.2, -0.15) is 0 Å². The van der Waals surface area contributed by atoms with Crippen LogP contribution in [-0.2, 0) is 16.0 Å². The Bertz CT molecular complexity index is 525. The quantitative estimate of drug-likeness (QED) is 0.781. The highest BCUT2D eigenvalue weighted by atomic mass is 16.4. The van der Waals surface area contributed by atoms with Crippen LogP contribution in [0.4, 0.5) is 5.69 Å². The maximum Gasteiger partial charge on any atom is 0.329 e. The van der Waals surface area contributed by atoms with Crippen molar-refractivity contribution in [2.45, 2.75) is 43.7 Å². The van der Waals surface area contributed by atoms with E-state index in [2.05, 4.69) is 10.6 Å². The van der Waals surface area contributed by atoms with Gasteiger partial charge < -0.3 is 15.7 Å². The molecular weight excluding hydrogens is 256 g/mol. The average molecular weight is 274 g/mol. The number of rotatable bonds is 3. The summed E-state index contributed by atoms with van der Waals surface area (Å²) in [5.74, 6) is -1.13.